The first kappa shape index (κ1) is 15.5. The lowest BCUT2D eigenvalue weighted by Gasteiger charge is -2.22. The molecule has 0 aromatic carbocycles. The summed E-state index contributed by atoms with van der Waals surface area (Å²) in [5, 5.41) is 5.92. The van der Waals surface area contributed by atoms with Gasteiger partial charge in [-0.15, -0.1) is 0 Å². The van der Waals surface area contributed by atoms with Crippen molar-refractivity contribution in [2.45, 2.75) is 44.6 Å². The number of carbonyl (C=O) groups is 1. The molecule has 2 N–H and O–H groups in total. The van der Waals surface area contributed by atoms with Crippen molar-refractivity contribution in [3.63, 3.8) is 0 Å². The highest BCUT2D eigenvalue weighted by atomic mass is 19.1. The Hall–Kier alpha value is -1.92. The van der Waals surface area contributed by atoms with Crippen LogP contribution in [0.2, 0.25) is 0 Å². The van der Waals surface area contributed by atoms with E-state index in [0.29, 0.717) is 19.0 Å². The highest BCUT2D eigenvalue weighted by Gasteiger charge is 2.15. The summed E-state index contributed by atoms with van der Waals surface area (Å²) in [6.07, 6.45) is 7.14. The molecule has 1 amide bonds. The van der Waals surface area contributed by atoms with Crippen LogP contribution in [-0.4, -0.2) is 35.6 Å². The van der Waals surface area contributed by atoms with E-state index in [4.69, 9.17) is 4.74 Å². The second-order valence-electron chi connectivity index (χ2n) is 5.13. The number of rotatable bonds is 6. The summed E-state index contributed by atoms with van der Waals surface area (Å²) >= 11 is 0. The maximum absolute atomic E-state index is 13.1. The Balaban J connectivity index is 1.72. The van der Waals surface area contributed by atoms with Gasteiger partial charge in [-0.05, 0) is 12.8 Å². The van der Waals surface area contributed by atoms with Gasteiger partial charge in [-0.2, -0.15) is 9.37 Å². The molecule has 1 aromatic heterocycles. The summed E-state index contributed by atoms with van der Waals surface area (Å²) in [7, 11) is 1.34. The number of aromatic nitrogens is 2. The lowest BCUT2D eigenvalue weighted by atomic mass is 9.95. The average Bonchev–Trinajstić information content (AvgIpc) is 2.50. The summed E-state index contributed by atoms with van der Waals surface area (Å²) < 4.78 is 17.9. The number of nitrogens with zero attached hydrogens (tertiary/aromatic N) is 2. The standard InChI is InChI=1S/C14H21FN4O2/c1-21-13-11(15)9-17-14(19-13)16-8-7-12(20)18-10-5-3-2-4-6-10/h9-10H,2-8H2,1H3,(H,18,20)(H,16,17,19). The summed E-state index contributed by atoms with van der Waals surface area (Å²) in [6.45, 7) is 0.396. The minimum Gasteiger partial charge on any atom is -0.479 e. The van der Waals surface area contributed by atoms with Crippen LogP contribution in [0, 0.1) is 5.82 Å². The number of hydrogen-bond acceptors (Lipinski definition) is 5. The molecule has 0 spiro atoms. The maximum Gasteiger partial charge on any atom is 0.255 e. The van der Waals surface area contributed by atoms with E-state index in [0.717, 1.165) is 19.0 Å². The van der Waals surface area contributed by atoms with Crippen molar-refractivity contribution in [1.29, 1.82) is 0 Å². The fraction of sp³-hybridized carbons (Fsp3) is 0.643. The van der Waals surface area contributed by atoms with Gasteiger partial charge in [0.25, 0.3) is 5.88 Å². The number of halogens is 1. The Kier molecular flexibility index (Phi) is 5.71. The number of hydrogen-bond donors (Lipinski definition) is 2. The molecule has 1 heterocycles. The summed E-state index contributed by atoms with van der Waals surface area (Å²) in [5.41, 5.74) is 0. The summed E-state index contributed by atoms with van der Waals surface area (Å²) in [6, 6.07) is 0.313. The highest BCUT2D eigenvalue weighted by Crippen LogP contribution is 2.17. The minimum atomic E-state index is -0.613. The van der Waals surface area contributed by atoms with Crippen molar-refractivity contribution in [2.24, 2.45) is 0 Å². The molecule has 0 saturated heterocycles. The molecule has 6 nitrogen and oxygen atoms in total. The van der Waals surface area contributed by atoms with E-state index in [1.54, 1.807) is 0 Å². The predicted octanol–water partition coefficient (Wildman–Crippen LogP) is 1.88. The normalized spacial score (nSPS) is 15.5. The number of anilines is 1. The fourth-order valence-electron chi connectivity index (χ4n) is 2.41. The average molecular weight is 296 g/mol. The van der Waals surface area contributed by atoms with Crippen molar-refractivity contribution in [3.05, 3.63) is 12.0 Å². The first-order valence-corrected chi connectivity index (χ1v) is 7.29. The molecule has 1 aliphatic rings. The molecule has 1 fully saturated rings. The van der Waals surface area contributed by atoms with Gasteiger partial charge in [0.2, 0.25) is 17.7 Å². The third-order valence-corrected chi connectivity index (χ3v) is 3.51. The van der Waals surface area contributed by atoms with Crippen molar-refractivity contribution < 1.29 is 13.9 Å². The van der Waals surface area contributed by atoms with Gasteiger partial charge in [0, 0.05) is 19.0 Å². The molecule has 21 heavy (non-hydrogen) atoms. The Morgan fingerprint density at radius 3 is 2.90 bits per heavy atom. The van der Waals surface area contributed by atoms with Gasteiger partial charge in [-0.3, -0.25) is 4.79 Å². The lowest BCUT2D eigenvalue weighted by molar-refractivity contribution is -0.121. The van der Waals surface area contributed by atoms with Gasteiger partial charge in [-0.25, -0.2) is 4.98 Å². The SMILES string of the molecule is COc1nc(NCCC(=O)NC2CCCCC2)ncc1F. The molecular weight excluding hydrogens is 275 g/mol. The second-order valence-corrected chi connectivity index (χ2v) is 5.13. The molecule has 1 aliphatic carbocycles. The molecule has 2 rings (SSSR count). The second kappa shape index (κ2) is 7.75. The zero-order chi connectivity index (χ0) is 15.1. The first-order valence-electron chi connectivity index (χ1n) is 7.29. The Morgan fingerprint density at radius 2 is 2.19 bits per heavy atom. The van der Waals surface area contributed by atoms with Crippen LogP contribution in [0.5, 0.6) is 5.88 Å². The zero-order valence-corrected chi connectivity index (χ0v) is 12.2. The third kappa shape index (κ3) is 4.84. The van der Waals surface area contributed by atoms with Crippen LogP contribution >= 0.6 is 0 Å². The van der Waals surface area contributed by atoms with Gasteiger partial charge in [0.05, 0.1) is 13.3 Å². The Bertz CT molecular complexity index is 478. The van der Waals surface area contributed by atoms with E-state index in [1.807, 2.05) is 0 Å². The van der Waals surface area contributed by atoms with E-state index < -0.39 is 5.82 Å². The van der Waals surface area contributed by atoms with Crippen molar-refractivity contribution >= 4 is 11.9 Å². The van der Waals surface area contributed by atoms with Crippen molar-refractivity contribution in [3.8, 4) is 5.88 Å². The van der Waals surface area contributed by atoms with Crippen LogP contribution in [0.1, 0.15) is 38.5 Å². The maximum atomic E-state index is 13.1. The quantitative estimate of drug-likeness (QED) is 0.838. The molecule has 0 aliphatic heterocycles. The Labute approximate surface area is 123 Å². The highest BCUT2D eigenvalue weighted by molar-refractivity contribution is 5.76. The summed E-state index contributed by atoms with van der Waals surface area (Å²) in [5.74, 6) is -0.459. The van der Waals surface area contributed by atoms with Crippen LogP contribution < -0.4 is 15.4 Å². The molecule has 1 aromatic rings. The fourth-order valence-corrected chi connectivity index (χ4v) is 2.41. The van der Waals surface area contributed by atoms with Crippen LogP contribution in [0.4, 0.5) is 10.3 Å². The van der Waals surface area contributed by atoms with Crippen LogP contribution in [-0.2, 0) is 4.79 Å². The monoisotopic (exact) mass is 296 g/mol. The van der Waals surface area contributed by atoms with Gasteiger partial charge >= 0.3 is 0 Å². The van der Waals surface area contributed by atoms with Crippen LogP contribution in [0.25, 0.3) is 0 Å². The molecule has 116 valence electrons. The van der Waals surface area contributed by atoms with Gasteiger partial charge in [0.1, 0.15) is 0 Å². The van der Waals surface area contributed by atoms with Crippen molar-refractivity contribution in [2.75, 3.05) is 19.0 Å². The molecule has 0 radical (unpaired) electrons. The molecule has 1 saturated carbocycles. The number of ether oxygens (including phenoxy) is 1. The number of methoxy groups -OCH3 is 1. The van der Waals surface area contributed by atoms with E-state index in [1.165, 1.54) is 26.4 Å². The number of nitrogens with one attached hydrogen (secondary N) is 2. The summed E-state index contributed by atoms with van der Waals surface area (Å²) in [4.78, 5) is 19.4. The smallest absolute Gasteiger partial charge is 0.255 e. The van der Waals surface area contributed by atoms with E-state index >= 15 is 0 Å². The van der Waals surface area contributed by atoms with E-state index in [9.17, 15) is 9.18 Å². The van der Waals surface area contributed by atoms with E-state index in [-0.39, 0.29) is 17.7 Å². The number of carbonyl (C=O) groups excluding carboxylic acids is 1. The number of amides is 1. The largest absolute Gasteiger partial charge is 0.479 e. The topological polar surface area (TPSA) is 76.1 Å². The minimum absolute atomic E-state index is 0.0171. The predicted molar refractivity (Wildman–Crippen MR) is 76.7 cm³/mol. The lowest BCUT2D eigenvalue weighted by Crippen LogP contribution is -2.36. The van der Waals surface area contributed by atoms with Gasteiger partial charge in [-0.1, -0.05) is 19.3 Å². The molecule has 7 heteroatoms. The molecule has 0 atom stereocenters. The van der Waals surface area contributed by atoms with Crippen LogP contribution in [0.3, 0.4) is 0 Å². The zero-order valence-electron chi connectivity index (χ0n) is 12.2. The first-order chi connectivity index (χ1) is 10.2. The molecule has 0 unspecified atom stereocenters. The van der Waals surface area contributed by atoms with Gasteiger partial charge < -0.3 is 15.4 Å². The third-order valence-electron chi connectivity index (χ3n) is 3.51. The van der Waals surface area contributed by atoms with Gasteiger partial charge in [0.15, 0.2) is 0 Å². The van der Waals surface area contributed by atoms with Crippen molar-refractivity contribution in [1.82, 2.24) is 15.3 Å². The molecule has 0 bridgehead atoms. The Morgan fingerprint density at radius 1 is 1.43 bits per heavy atom. The van der Waals surface area contributed by atoms with E-state index in [2.05, 4.69) is 20.6 Å². The van der Waals surface area contributed by atoms with Crippen LogP contribution in [0.15, 0.2) is 6.20 Å². The molecular formula is C14H21FN4O2.